The second-order valence-corrected chi connectivity index (χ2v) is 8.39. The number of hydrogen-bond acceptors (Lipinski definition) is 6. The molecule has 0 radical (unpaired) electrons. The number of benzene rings is 1. The molecule has 5 rings (SSSR count). The highest BCUT2D eigenvalue weighted by molar-refractivity contribution is 6.31. The van der Waals surface area contributed by atoms with Crippen LogP contribution in [0, 0.1) is 11.6 Å². The third kappa shape index (κ3) is 3.23. The summed E-state index contributed by atoms with van der Waals surface area (Å²) in [5, 5.41) is 24.6. The lowest BCUT2D eigenvalue weighted by molar-refractivity contribution is -0.0167. The first-order chi connectivity index (χ1) is 14.9. The highest BCUT2D eigenvalue weighted by Gasteiger charge is 2.45. The minimum atomic E-state index is -1.25. The standard InChI is InChI=1S/C21H21ClF2N4O3/c22-11-5-15(10-7-26-3-1-9(10)18(11)24)31-16-6-14(19(29)20(16)30)28-8-12(23)17-13(25)2-4-27-21(17)28/h2,4-5,8,14,16,19-20,26,29-30H,1,3,6-7H2,(H2,25,27)/t14?,16?,19-,20+/m0/s1. The summed E-state index contributed by atoms with van der Waals surface area (Å²) in [5.74, 6) is -0.665. The molecule has 0 saturated heterocycles. The summed E-state index contributed by atoms with van der Waals surface area (Å²) in [7, 11) is 0. The Kier molecular flexibility index (Phi) is 5.01. The van der Waals surface area contributed by atoms with Crippen molar-refractivity contribution in [2.75, 3.05) is 12.3 Å². The average Bonchev–Trinajstić information content (AvgIpc) is 3.24. The second-order valence-electron chi connectivity index (χ2n) is 7.98. The van der Waals surface area contributed by atoms with Crippen molar-refractivity contribution in [2.45, 2.75) is 43.7 Å². The molecule has 3 heterocycles. The van der Waals surface area contributed by atoms with Gasteiger partial charge in [0.15, 0.2) is 5.82 Å². The Morgan fingerprint density at radius 2 is 2.06 bits per heavy atom. The van der Waals surface area contributed by atoms with Crippen LogP contribution in [0.3, 0.4) is 0 Å². The van der Waals surface area contributed by atoms with E-state index in [1.165, 1.54) is 29.1 Å². The maximum Gasteiger partial charge on any atom is 0.152 e. The van der Waals surface area contributed by atoms with Gasteiger partial charge in [0, 0.05) is 42.7 Å². The van der Waals surface area contributed by atoms with E-state index in [9.17, 15) is 19.0 Å². The largest absolute Gasteiger partial charge is 0.487 e. The number of fused-ring (bicyclic) bond motifs is 2. The SMILES string of the molecule is Nc1ccnc2c1c(F)cn2C1CC(Oc2cc(Cl)c(F)c3c2CNCC3)[C@@H](O)[C@H]1O. The van der Waals surface area contributed by atoms with Gasteiger partial charge < -0.3 is 30.6 Å². The molecule has 2 unspecified atom stereocenters. The Bertz CT molecular complexity index is 1170. The summed E-state index contributed by atoms with van der Waals surface area (Å²) in [6.07, 6.45) is 0.0404. The van der Waals surface area contributed by atoms with Crippen LogP contribution in [0.25, 0.3) is 11.0 Å². The van der Waals surface area contributed by atoms with Crippen molar-refractivity contribution in [1.29, 1.82) is 0 Å². The summed E-state index contributed by atoms with van der Waals surface area (Å²) in [6.45, 7) is 1.03. The van der Waals surface area contributed by atoms with Crippen molar-refractivity contribution < 1.29 is 23.7 Å². The van der Waals surface area contributed by atoms with Crippen LogP contribution in [-0.4, -0.2) is 44.6 Å². The summed E-state index contributed by atoms with van der Waals surface area (Å²) in [5.41, 5.74) is 7.52. The smallest absolute Gasteiger partial charge is 0.152 e. The van der Waals surface area contributed by atoms with Gasteiger partial charge in [0.1, 0.15) is 35.5 Å². The predicted molar refractivity (Wildman–Crippen MR) is 111 cm³/mol. The molecule has 1 fully saturated rings. The van der Waals surface area contributed by atoms with Gasteiger partial charge in [-0.2, -0.15) is 0 Å². The minimum absolute atomic E-state index is 0.0571. The van der Waals surface area contributed by atoms with E-state index in [1.807, 2.05) is 0 Å². The number of pyridine rings is 1. The molecule has 10 heteroatoms. The van der Waals surface area contributed by atoms with Gasteiger partial charge in [-0.25, -0.2) is 13.8 Å². The number of anilines is 1. The van der Waals surface area contributed by atoms with Crippen LogP contribution in [0.4, 0.5) is 14.5 Å². The number of ether oxygens (including phenoxy) is 1. The number of nitrogen functional groups attached to an aromatic ring is 1. The van der Waals surface area contributed by atoms with Crippen LogP contribution >= 0.6 is 11.6 Å². The molecule has 7 nitrogen and oxygen atoms in total. The quantitative estimate of drug-likeness (QED) is 0.488. The third-order valence-electron chi connectivity index (χ3n) is 6.18. The molecule has 1 aliphatic carbocycles. The fourth-order valence-electron chi connectivity index (χ4n) is 4.61. The van der Waals surface area contributed by atoms with Gasteiger partial charge >= 0.3 is 0 Å². The summed E-state index contributed by atoms with van der Waals surface area (Å²) >= 11 is 6.06. The molecule has 0 bridgehead atoms. The topological polar surface area (TPSA) is 106 Å². The Balaban J connectivity index is 1.48. The van der Waals surface area contributed by atoms with Crippen LogP contribution in [-0.2, 0) is 13.0 Å². The molecular formula is C21H21ClF2N4O3. The lowest BCUT2D eigenvalue weighted by Crippen LogP contribution is -2.35. The van der Waals surface area contributed by atoms with E-state index in [1.54, 1.807) is 0 Å². The molecule has 1 saturated carbocycles. The van der Waals surface area contributed by atoms with Crippen molar-refractivity contribution in [1.82, 2.24) is 14.9 Å². The van der Waals surface area contributed by atoms with Crippen molar-refractivity contribution in [3.05, 3.63) is 52.3 Å². The van der Waals surface area contributed by atoms with E-state index >= 15 is 0 Å². The number of nitrogens with zero attached hydrogens (tertiary/aromatic N) is 2. The van der Waals surface area contributed by atoms with Crippen LogP contribution in [0.1, 0.15) is 23.6 Å². The van der Waals surface area contributed by atoms with E-state index < -0.39 is 36.0 Å². The molecule has 4 atom stereocenters. The van der Waals surface area contributed by atoms with Gasteiger partial charge in [-0.15, -0.1) is 0 Å². The molecule has 0 amide bonds. The number of halogens is 3. The van der Waals surface area contributed by atoms with Crippen LogP contribution in [0.15, 0.2) is 24.5 Å². The molecule has 1 aliphatic heterocycles. The molecular weight excluding hydrogens is 430 g/mol. The normalized spacial score (nSPS) is 25.7. The first-order valence-electron chi connectivity index (χ1n) is 10.0. The van der Waals surface area contributed by atoms with Gasteiger partial charge in [0.25, 0.3) is 0 Å². The first kappa shape index (κ1) is 20.4. The van der Waals surface area contributed by atoms with Crippen molar-refractivity contribution in [3.8, 4) is 5.75 Å². The van der Waals surface area contributed by atoms with Crippen molar-refractivity contribution >= 4 is 28.3 Å². The molecule has 2 aromatic heterocycles. The molecule has 164 valence electrons. The van der Waals surface area contributed by atoms with Gasteiger partial charge in [0.2, 0.25) is 0 Å². The number of nitrogens with one attached hydrogen (secondary N) is 1. The lowest BCUT2D eigenvalue weighted by Gasteiger charge is -2.25. The average molecular weight is 451 g/mol. The Morgan fingerprint density at radius 1 is 1.26 bits per heavy atom. The Morgan fingerprint density at radius 3 is 2.87 bits per heavy atom. The Labute approximate surface area is 181 Å². The summed E-state index contributed by atoms with van der Waals surface area (Å²) < 4.78 is 36.4. The van der Waals surface area contributed by atoms with Gasteiger partial charge in [-0.3, -0.25) is 0 Å². The molecule has 3 aromatic rings. The van der Waals surface area contributed by atoms with E-state index in [2.05, 4.69) is 10.3 Å². The van der Waals surface area contributed by atoms with Crippen LogP contribution in [0.2, 0.25) is 5.02 Å². The van der Waals surface area contributed by atoms with E-state index in [4.69, 9.17) is 22.1 Å². The highest BCUT2D eigenvalue weighted by Crippen LogP contribution is 2.40. The number of aliphatic hydroxyl groups excluding tert-OH is 2. The number of aliphatic hydroxyl groups is 2. The van der Waals surface area contributed by atoms with Crippen molar-refractivity contribution in [2.24, 2.45) is 0 Å². The fraction of sp³-hybridized carbons (Fsp3) is 0.381. The summed E-state index contributed by atoms with van der Waals surface area (Å²) in [6, 6.07) is 2.20. The molecule has 31 heavy (non-hydrogen) atoms. The predicted octanol–water partition coefficient (Wildman–Crippen LogP) is 2.31. The number of hydrogen-bond donors (Lipinski definition) is 4. The monoisotopic (exact) mass is 450 g/mol. The van der Waals surface area contributed by atoms with Crippen LogP contribution < -0.4 is 15.8 Å². The molecule has 0 spiro atoms. The second kappa shape index (κ2) is 7.59. The van der Waals surface area contributed by atoms with E-state index in [-0.39, 0.29) is 28.2 Å². The third-order valence-corrected chi connectivity index (χ3v) is 6.46. The molecule has 2 aliphatic rings. The molecule has 5 N–H and O–H groups in total. The van der Waals surface area contributed by atoms with Crippen molar-refractivity contribution in [3.63, 3.8) is 0 Å². The Hall–Kier alpha value is -2.46. The van der Waals surface area contributed by atoms with Gasteiger partial charge in [-0.05, 0) is 24.6 Å². The maximum absolute atomic E-state index is 14.5. The highest BCUT2D eigenvalue weighted by atomic mass is 35.5. The van der Waals surface area contributed by atoms with Gasteiger partial charge in [0.05, 0.1) is 16.5 Å². The minimum Gasteiger partial charge on any atom is -0.487 e. The number of nitrogens with two attached hydrogens (primary N) is 1. The number of aromatic nitrogens is 2. The van der Waals surface area contributed by atoms with Gasteiger partial charge in [-0.1, -0.05) is 11.6 Å². The summed E-state index contributed by atoms with van der Waals surface area (Å²) in [4.78, 5) is 4.20. The zero-order valence-electron chi connectivity index (χ0n) is 16.4. The lowest BCUT2D eigenvalue weighted by atomic mass is 9.99. The first-order valence-corrected chi connectivity index (χ1v) is 10.4. The van der Waals surface area contributed by atoms with E-state index in [0.29, 0.717) is 36.4 Å². The van der Waals surface area contributed by atoms with E-state index in [0.717, 1.165) is 0 Å². The zero-order valence-corrected chi connectivity index (χ0v) is 17.1. The van der Waals surface area contributed by atoms with Crippen LogP contribution in [0.5, 0.6) is 5.75 Å². The fourth-order valence-corrected chi connectivity index (χ4v) is 4.82. The zero-order chi connectivity index (χ0) is 21.9. The number of rotatable bonds is 3. The molecule has 1 aromatic carbocycles. The maximum atomic E-state index is 14.5.